The first-order valence-corrected chi connectivity index (χ1v) is 7.63. The molecule has 0 spiro atoms. The molecule has 3 nitrogen and oxygen atoms in total. The Morgan fingerprint density at radius 1 is 1.17 bits per heavy atom. The molecule has 1 amide bonds. The highest BCUT2D eigenvalue weighted by atomic mass is 19.4. The molecule has 0 aliphatic carbocycles. The summed E-state index contributed by atoms with van der Waals surface area (Å²) in [6, 6.07) is 10.4. The maximum Gasteiger partial charge on any atom is 0.416 e. The molecular weight excluding hydrogens is 319 g/mol. The number of anilines is 1. The number of nitrogens with one attached hydrogen (secondary N) is 1. The van der Waals surface area contributed by atoms with Gasteiger partial charge in [0, 0.05) is 18.5 Å². The lowest BCUT2D eigenvalue weighted by Gasteiger charge is -2.10. The fraction of sp³-hybridized carbons (Fsp3) is 0.278. The van der Waals surface area contributed by atoms with E-state index in [1.807, 2.05) is 18.2 Å². The van der Waals surface area contributed by atoms with Gasteiger partial charge >= 0.3 is 6.18 Å². The summed E-state index contributed by atoms with van der Waals surface area (Å²) in [5.74, 6) is 0.568. The second-order valence-corrected chi connectivity index (χ2v) is 5.67. The largest absolute Gasteiger partial charge is 0.493 e. The van der Waals surface area contributed by atoms with Crippen molar-refractivity contribution in [2.24, 2.45) is 0 Å². The Hall–Kier alpha value is -2.50. The molecule has 0 aromatic heterocycles. The van der Waals surface area contributed by atoms with E-state index in [4.69, 9.17) is 4.74 Å². The molecule has 0 unspecified atom stereocenters. The van der Waals surface area contributed by atoms with Crippen molar-refractivity contribution in [1.29, 1.82) is 0 Å². The lowest BCUT2D eigenvalue weighted by molar-refractivity contribution is -0.137. The summed E-state index contributed by atoms with van der Waals surface area (Å²) < 4.78 is 43.4. The molecule has 2 aromatic carbocycles. The summed E-state index contributed by atoms with van der Waals surface area (Å²) in [6.45, 7) is 0.675. The van der Waals surface area contributed by atoms with Crippen LogP contribution in [0.2, 0.25) is 0 Å². The van der Waals surface area contributed by atoms with Crippen LogP contribution in [0.1, 0.15) is 23.1 Å². The third-order valence-corrected chi connectivity index (χ3v) is 3.87. The van der Waals surface area contributed by atoms with Crippen molar-refractivity contribution in [3.05, 3.63) is 59.2 Å². The molecule has 1 aliphatic rings. The van der Waals surface area contributed by atoms with Crippen molar-refractivity contribution in [1.82, 2.24) is 0 Å². The monoisotopic (exact) mass is 335 g/mol. The number of benzene rings is 2. The molecule has 1 heterocycles. The molecule has 1 aliphatic heterocycles. The van der Waals surface area contributed by atoms with Crippen molar-refractivity contribution in [3.63, 3.8) is 0 Å². The first kappa shape index (κ1) is 16.4. The standard InChI is InChI=1S/C18H16F3NO2/c19-18(20,21)14-2-1-3-15(11-14)22-17(23)7-5-12-4-6-16-13(10-12)8-9-24-16/h1-4,6,10-11H,5,7-9H2,(H,22,23). The predicted octanol–water partition coefficient (Wildman–Crippen LogP) is 4.21. The number of hydrogen-bond acceptors (Lipinski definition) is 2. The van der Waals surface area contributed by atoms with Gasteiger partial charge in [0.05, 0.1) is 12.2 Å². The number of carbonyl (C=O) groups is 1. The van der Waals surface area contributed by atoms with Crippen LogP contribution >= 0.6 is 0 Å². The summed E-state index contributed by atoms with van der Waals surface area (Å²) in [7, 11) is 0. The minimum absolute atomic E-state index is 0.150. The number of alkyl halides is 3. The summed E-state index contributed by atoms with van der Waals surface area (Å²) >= 11 is 0. The van der Waals surface area contributed by atoms with Crippen molar-refractivity contribution in [2.45, 2.75) is 25.4 Å². The Bertz CT molecular complexity index is 756. The zero-order chi connectivity index (χ0) is 17.2. The smallest absolute Gasteiger partial charge is 0.416 e. The first-order chi connectivity index (χ1) is 11.4. The minimum atomic E-state index is -4.42. The number of fused-ring (bicyclic) bond motifs is 1. The van der Waals surface area contributed by atoms with Gasteiger partial charge in [0.2, 0.25) is 5.91 Å². The number of ether oxygens (including phenoxy) is 1. The molecule has 0 radical (unpaired) electrons. The normalized spacial score (nSPS) is 13.3. The van der Waals surface area contributed by atoms with E-state index >= 15 is 0 Å². The number of aryl methyl sites for hydroxylation is 1. The maximum absolute atomic E-state index is 12.7. The summed E-state index contributed by atoms with van der Waals surface area (Å²) in [5, 5.41) is 2.51. The quantitative estimate of drug-likeness (QED) is 0.909. The minimum Gasteiger partial charge on any atom is -0.493 e. The Balaban J connectivity index is 1.58. The Morgan fingerprint density at radius 3 is 2.79 bits per heavy atom. The highest BCUT2D eigenvalue weighted by molar-refractivity contribution is 5.90. The second-order valence-electron chi connectivity index (χ2n) is 5.67. The van der Waals surface area contributed by atoms with Crippen LogP contribution in [-0.2, 0) is 23.8 Å². The fourth-order valence-corrected chi connectivity index (χ4v) is 2.65. The highest BCUT2D eigenvalue weighted by Crippen LogP contribution is 2.30. The molecule has 0 saturated heterocycles. The SMILES string of the molecule is O=C(CCc1ccc2c(c1)CCO2)Nc1cccc(C(F)(F)F)c1. The Morgan fingerprint density at radius 2 is 2.00 bits per heavy atom. The average Bonchev–Trinajstić information content (AvgIpc) is 3.00. The van der Waals surface area contributed by atoms with E-state index in [1.54, 1.807) is 0 Å². The number of amides is 1. The van der Waals surface area contributed by atoms with Crippen LogP contribution in [0.15, 0.2) is 42.5 Å². The highest BCUT2D eigenvalue weighted by Gasteiger charge is 2.30. The van der Waals surface area contributed by atoms with E-state index in [2.05, 4.69) is 5.32 Å². The van der Waals surface area contributed by atoms with E-state index < -0.39 is 11.7 Å². The zero-order valence-electron chi connectivity index (χ0n) is 12.8. The lowest BCUT2D eigenvalue weighted by atomic mass is 10.0. The van der Waals surface area contributed by atoms with Gasteiger partial charge in [0.1, 0.15) is 5.75 Å². The Labute approximate surface area is 137 Å². The van der Waals surface area contributed by atoms with E-state index in [-0.39, 0.29) is 18.0 Å². The molecule has 1 N–H and O–H groups in total. The van der Waals surface area contributed by atoms with Gasteiger partial charge in [0.15, 0.2) is 0 Å². The molecular formula is C18H16F3NO2. The van der Waals surface area contributed by atoms with Crippen LogP contribution in [0.4, 0.5) is 18.9 Å². The third kappa shape index (κ3) is 3.88. The van der Waals surface area contributed by atoms with Crippen molar-refractivity contribution in [2.75, 3.05) is 11.9 Å². The molecule has 24 heavy (non-hydrogen) atoms. The fourth-order valence-electron chi connectivity index (χ4n) is 2.65. The second kappa shape index (κ2) is 6.55. The van der Waals surface area contributed by atoms with Crippen LogP contribution < -0.4 is 10.1 Å². The van der Waals surface area contributed by atoms with Gasteiger partial charge in [-0.05, 0) is 41.8 Å². The molecule has 0 bridgehead atoms. The number of halogens is 3. The summed E-state index contributed by atoms with van der Waals surface area (Å²) in [4.78, 5) is 12.0. The molecule has 3 rings (SSSR count). The van der Waals surface area contributed by atoms with Gasteiger partial charge in [-0.3, -0.25) is 4.79 Å². The average molecular weight is 335 g/mol. The zero-order valence-corrected chi connectivity index (χ0v) is 12.8. The Kier molecular flexibility index (Phi) is 4.46. The van der Waals surface area contributed by atoms with Gasteiger partial charge in [-0.1, -0.05) is 18.2 Å². The summed E-state index contributed by atoms with van der Waals surface area (Å²) in [6.07, 6.45) is -2.83. The molecule has 0 saturated carbocycles. The van der Waals surface area contributed by atoms with Gasteiger partial charge in [-0.15, -0.1) is 0 Å². The topological polar surface area (TPSA) is 38.3 Å². The lowest BCUT2D eigenvalue weighted by Crippen LogP contribution is -2.13. The van der Waals surface area contributed by atoms with Gasteiger partial charge < -0.3 is 10.1 Å². The first-order valence-electron chi connectivity index (χ1n) is 7.63. The number of carbonyl (C=O) groups excluding carboxylic acids is 1. The molecule has 0 atom stereocenters. The van der Waals surface area contributed by atoms with E-state index in [0.29, 0.717) is 13.0 Å². The van der Waals surface area contributed by atoms with Crippen LogP contribution in [0.5, 0.6) is 5.75 Å². The number of hydrogen-bond donors (Lipinski definition) is 1. The maximum atomic E-state index is 12.7. The van der Waals surface area contributed by atoms with Crippen LogP contribution in [0.3, 0.4) is 0 Å². The molecule has 2 aromatic rings. The molecule has 6 heteroatoms. The van der Waals surface area contributed by atoms with Gasteiger partial charge in [-0.2, -0.15) is 13.2 Å². The van der Waals surface area contributed by atoms with E-state index in [9.17, 15) is 18.0 Å². The van der Waals surface area contributed by atoms with Gasteiger partial charge in [0.25, 0.3) is 0 Å². The van der Waals surface area contributed by atoms with Crippen LogP contribution in [0.25, 0.3) is 0 Å². The van der Waals surface area contributed by atoms with Crippen LogP contribution in [0, 0.1) is 0 Å². The number of rotatable bonds is 4. The van der Waals surface area contributed by atoms with E-state index in [1.165, 1.54) is 12.1 Å². The van der Waals surface area contributed by atoms with Crippen LogP contribution in [-0.4, -0.2) is 12.5 Å². The van der Waals surface area contributed by atoms with Crippen molar-refractivity contribution in [3.8, 4) is 5.75 Å². The van der Waals surface area contributed by atoms with Gasteiger partial charge in [-0.25, -0.2) is 0 Å². The molecule has 0 fully saturated rings. The summed E-state index contributed by atoms with van der Waals surface area (Å²) in [5.41, 5.74) is 1.51. The molecule has 126 valence electrons. The third-order valence-electron chi connectivity index (χ3n) is 3.87. The van der Waals surface area contributed by atoms with Crippen molar-refractivity contribution < 1.29 is 22.7 Å². The predicted molar refractivity (Wildman–Crippen MR) is 84.0 cm³/mol. The van der Waals surface area contributed by atoms with E-state index in [0.717, 1.165) is 35.4 Å². The van der Waals surface area contributed by atoms with Crippen molar-refractivity contribution >= 4 is 11.6 Å².